The minimum Gasteiger partial charge on any atom is -0.412 e. The average molecular weight is 653 g/mol. The number of ether oxygens (including phenoxy) is 1. The van der Waals surface area contributed by atoms with E-state index in [-0.39, 0.29) is 65.2 Å². The zero-order chi connectivity index (χ0) is 22.8. The minimum absolute atomic E-state index is 0. The Labute approximate surface area is 220 Å². The van der Waals surface area contributed by atoms with E-state index in [1.165, 1.54) is 17.9 Å². The average Bonchev–Trinajstić information content (AvgIpc) is 3.20. The normalized spacial score (nSPS) is 10.7. The first-order valence-corrected chi connectivity index (χ1v) is 12.7. The van der Waals surface area contributed by atoms with E-state index in [4.69, 9.17) is 9.84 Å². The van der Waals surface area contributed by atoms with Crippen LogP contribution in [0.4, 0.5) is 4.79 Å². The van der Waals surface area contributed by atoms with E-state index in [0.717, 1.165) is 8.50 Å². The van der Waals surface area contributed by atoms with Gasteiger partial charge in [0.2, 0.25) is 0 Å². The van der Waals surface area contributed by atoms with Crippen LogP contribution in [0, 0.1) is 0 Å². The van der Waals surface area contributed by atoms with Crippen LogP contribution in [0.3, 0.4) is 0 Å². The van der Waals surface area contributed by atoms with Crippen molar-refractivity contribution in [1.29, 1.82) is 0 Å². The maximum Gasteiger partial charge on any atom is 1.00 e. The predicted molar refractivity (Wildman–Crippen MR) is 104 cm³/mol. The van der Waals surface area contributed by atoms with Crippen LogP contribution in [0.15, 0.2) is 15.9 Å². The van der Waals surface area contributed by atoms with Gasteiger partial charge in [-0.1, -0.05) is 0 Å². The molecule has 16 heteroatoms. The number of fused-ring (bicyclic) bond motifs is 1. The fourth-order valence-electron chi connectivity index (χ4n) is 2.23. The third kappa shape index (κ3) is 9.91. The molecule has 0 spiro atoms. The molecule has 2 aromatic heterocycles. The molecular formula is C16H25HgN6NaO8+. The summed E-state index contributed by atoms with van der Waals surface area (Å²) in [6, 6.07) is -0.621. The van der Waals surface area contributed by atoms with Crippen molar-refractivity contribution in [1.82, 2.24) is 29.7 Å². The third-order valence-corrected chi connectivity index (χ3v) is 6.50. The Balaban J connectivity index is 0. The molecule has 0 aromatic carbocycles. The van der Waals surface area contributed by atoms with Crippen molar-refractivity contribution in [3.8, 4) is 0 Å². The van der Waals surface area contributed by atoms with E-state index in [2.05, 4.69) is 15.3 Å². The van der Waals surface area contributed by atoms with Gasteiger partial charge in [0.05, 0.1) is 6.33 Å². The van der Waals surface area contributed by atoms with Gasteiger partial charge in [-0.3, -0.25) is 13.9 Å². The molecule has 0 radical (unpaired) electrons. The van der Waals surface area contributed by atoms with E-state index >= 15 is 0 Å². The Morgan fingerprint density at radius 1 is 1.25 bits per heavy atom. The summed E-state index contributed by atoms with van der Waals surface area (Å²) in [5.41, 5.74) is 0.0119. The van der Waals surface area contributed by atoms with Gasteiger partial charge in [0.25, 0.3) is 5.56 Å². The number of amides is 3. The molecule has 6 N–H and O–H groups in total. The number of methoxy groups -OCH3 is 1. The van der Waals surface area contributed by atoms with Gasteiger partial charge in [-0.25, -0.2) is 9.78 Å². The van der Waals surface area contributed by atoms with Crippen molar-refractivity contribution in [2.45, 2.75) is 22.9 Å². The number of H-pyrrole nitrogens is 1. The molecule has 0 aliphatic carbocycles. The molecule has 0 saturated carbocycles. The van der Waals surface area contributed by atoms with Crippen LogP contribution in [0.5, 0.6) is 0 Å². The van der Waals surface area contributed by atoms with Crippen LogP contribution in [0.2, 0.25) is 3.93 Å². The van der Waals surface area contributed by atoms with Crippen molar-refractivity contribution >= 4 is 29.1 Å². The molecule has 1 unspecified atom stereocenters. The number of imidazole rings is 1. The van der Waals surface area contributed by atoms with Gasteiger partial charge in [-0.05, 0) is 0 Å². The van der Waals surface area contributed by atoms with Crippen LogP contribution in [-0.4, -0.2) is 67.4 Å². The second-order valence-electron chi connectivity index (χ2n) is 6.11. The van der Waals surface area contributed by atoms with E-state index in [0.29, 0.717) is 43.8 Å². The smallest absolute Gasteiger partial charge is 0.412 e. The number of nitrogens with one attached hydrogen (secondary N) is 3. The second-order valence-corrected chi connectivity index (χ2v) is 8.35. The fraction of sp³-hybridized carbons (Fsp3) is 0.500. The van der Waals surface area contributed by atoms with Crippen LogP contribution >= 0.6 is 0 Å². The first-order chi connectivity index (χ1) is 14.1. The number of carboxylic acid groups (broad SMARTS) is 1. The van der Waals surface area contributed by atoms with Crippen LogP contribution in [-0.2, 0) is 54.5 Å². The second kappa shape index (κ2) is 16.1. The number of carboxylic acids is 1. The standard InChI is InChI=1S/C9H15N2O5.C7H8N4O2.Hg.Na.H2O/c1-6(16-2)5-10-9(15)11-7(12)3-4-8(13)14;1-10-5-4(8-3-9-5)6(12)11(2)7(10)13;;;/h6H,1,3-5H2,2H3,(H,13,14)(H2,10,11,12,15);3H,1-2H3,(H,8,9);;;1H2/q;;;+1;. The van der Waals surface area contributed by atoms with Crippen molar-refractivity contribution in [2.75, 3.05) is 13.7 Å². The van der Waals surface area contributed by atoms with Gasteiger partial charge in [0, 0.05) is 14.1 Å². The summed E-state index contributed by atoms with van der Waals surface area (Å²) < 4.78 is 8.38. The molecule has 2 heterocycles. The summed E-state index contributed by atoms with van der Waals surface area (Å²) in [7, 11) is 4.57. The topological polar surface area (TPSA) is 209 Å². The number of carbonyl (C=O) groups excluding carboxylic acids is 2. The molecule has 0 aliphatic rings. The molecule has 0 bridgehead atoms. The summed E-state index contributed by atoms with van der Waals surface area (Å²) in [6.07, 6.45) is 0.881. The van der Waals surface area contributed by atoms with Crippen molar-refractivity contribution < 1.29 is 85.4 Å². The van der Waals surface area contributed by atoms with Gasteiger partial charge >= 0.3 is 151 Å². The summed E-state index contributed by atoms with van der Waals surface area (Å²) >= 11 is 0.581. The van der Waals surface area contributed by atoms with E-state index in [1.54, 1.807) is 14.2 Å². The summed E-state index contributed by atoms with van der Waals surface area (Å²) in [5.74, 6) is -1.67. The van der Waals surface area contributed by atoms with E-state index in [1.807, 2.05) is 5.32 Å². The van der Waals surface area contributed by atoms with Gasteiger partial charge in [0.15, 0.2) is 5.65 Å². The Bertz CT molecular complexity index is 1020. The van der Waals surface area contributed by atoms with Crippen molar-refractivity contribution in [3.05, 3.63) is 27.2 Å². The number of aromatic amines is 1. The number of rotatable bonds is 7. The molecule has 2 aromatic rings. The summed E-state index contributed by atoms with van der Waals surface area (Å²) in [5, 5.41) is 12.9. The predicted octanol–water partition coefficient (Wildman–Crippen LogP) is -5.20. The Kier molecular flexibility index (Phi) is 16.4. The zero-order valence-electron chi connectivity index (χ0n) is 18.4. The molecule has 2 rings (SSSR count). The maximum absolute atomic E-state index is 11.4. The molecule has 32 heavy (non-hydrogen) atoms. The Morgan fingerprint density at radius 3 is 2.41 bits per heavy atom. The van der Waals surface area contributed by atoms with E-state index in [9.17, 15) is 24.0 Å². The van der Waals surface area contributed by atoms with E-state index < -0.39 is 17.9 Å². The Morgan fingerprint density at radius 2 is 1.88 bits per heavy atom. The largest absolute Gasteiger partial charge is 1.00 e. The molecule has 14 nitrogen and oxygen atoms in total. The Hall–Kier alpha value is -1.58. The number of carbonyl (C=O) groups is 3. The van der Waals surface area contributed by atoms with Gasteiger partial charge in [-0.15, -0.1) is 0 Å². The van der Waals surface area contributed by atoms with Gasteiger partial charge in [0.1, 0.15) is 5.52 Å². The summed E-state index contributed by atoms with van der Waals surface area (Å²) in [6.45, 7) is 0.345. The molecule has 0 fully saturated rings. The van der Waals surface area contributed by atoms with Crippen molar-refractivity contribution in [2.24, 2.45) is 14.1 Å². The SMILES string of the molecule is COC([CH2][Hg])CNC(=O)NC(=O)CCC(=O)O.Cn1c(=O)c2[nH]cnc2n(C)c1=O.O.[Na+]. The first kappa shape index (κ1) is 32.6. The van der Waals surface area contributed by atoms with Gasteiger partial charge in [-0.2, -0.15) is 0 Å². The quantitative estimate of drug-likeness (QED) is 0.212. The molecule has 0 saturated heterocycles. The number of imide groups is 1. The van der Waals surface area contributed by atoms with Crippen LogP contribution in [0.1, 0.15) is 12.8 Å². The van der Waals surface area contributed by atoms with Crippen LogP contribution < -0.4 is 51.4 Å². The monoisotopic (exact) mass is 654 g/mol. The minimum atomic E-state index is -1.07. The number of aryl methyl sites for hydroxylation is 1. The maximum atomic E-state index is 11.4. The number of urea groups is 1. The molecular weight excluding hydrogens is 628 g/mol. The molecule has 0 aliphatic heterocycles. The number of nitrogens with zero attached hydrogens (tertiary/aromatic N) is 3. The summed E-state index contributed by atoms with van der Waals surface area (Å²) in [4.78, 5) is 61.9. The number of aromatic nitrogens is 4. The zero-order valence-corrected chi connectivity index (χ0v) is 25.9. The van der Waals surface area contributed by atoms with Gasteiger partial charge < -0.3 is 10.5 Å². The number of hydrogen-bond acceptors (Lipinski definition) is 7. The number of hydrogen-bond donors (Lipinski definition) is 4. The first-order valence-electron chi connectivity index (χ1n) is 8.82. The molecule has 3 amide bonds. The van der Waals surface area contributed by atoms with Crippen LogP contribution in [0.25, 0.3) is 11.2 Å². The third-order valence-electron chi connectivity index (χ3n) is 3.99. The van der Waals surface area contributed by atoms with Crippen molar-refractivity contribution in [3.63, 3.8) is 0 Å². The number of aliphatic carboxylic acids is 1. The molecule has 169 valence electrons. The fourth-order valence-corrected chi connectivity index (χ4v) is 3.94. The molecule has 1 atom stereocenters.